The molecule has 120 valence electrons. The summed E-state index contributed by atoms with van der Waals surface area (Å²) in [5.41, 5.74) is 2.59. The molecule has 1 aromatic heterocycles. The smallest absolute Gasteiger partial charge is 0.347 e. The van der Waals surface area contributed by atoms with Crippen LogP contribution in [0.4, 0.5) is 0 Å². The molecule has 1 amide bonds. The summed E-state index contributed by atoms with van der Waals surface area (Å²) in [4.78, 5) is 33.0. The van der Waals surface area contributed by atoms with Crippen molar-refractivity contribution < 1.29 is 14.3 Å². The fourth-order valence-corrected chi connectivity index (χ4v) is 4.08. The van der Waals surface area contributed by atoms with Gasteiger partial charge in [0.1, 0.15) is 5.01 Å². The Morgan fingerprint density at radius 3 is 2.68 bits per heavy atom. The zero-order valence-electron chi connectivity index (χ0n) is 12.8. The second kappa shape index (κ2) is 5.19. The van der Waals surface area contributed by atoms with Gasteiger partial charge in [0.25, 0.3) is 5.91 Å². The molecule has 5 rings (SSSR count). The first-order valence-corrected chi connectivity index (χ1v) is 8.54. The molecule has 0 saturated heterocycles. The lowest BCUT2D eigenvalue weighted by molar-refractivity contribution is -0.129. The number of carbonyl (C=O) groups is 2. The monoisotopic (exact) mass is 346 g/mol. The SMILES string of the molecule is O=C1OC2=NC(=O)c3ccccc3C2C=C1c1nc2ccccc2s1. The number of hydrogen-bond acceptors (Lipinski definition) is 5. The van der Waals surface area contributed by atoms with Crippen LogP contribution in [0.1, 0.15) is 26.8 Å². The van der Waals surface area contributed by atoms with Crippen molar-refractivity contribution in [2.75, 3.05) is 0 Å². The van der Waals surface area contributed by atoms with E-state index in [9.17, 15) is 9.59 Å². The zero-order chi connectivity index (χ0) is 17.0. The van der Waals surface area contributed by atoms with Gasteiger partial charge in [-0.05, 0) is 23.8 Å². The third-order valence-corrected chi connectivity index (χ3v) is 5.35. The van der Waals surface area contributed by atoms with Crippen molar-refractivity contribution in [2.45, 2.75) is 5.92 Å². The normalized spacial score (nSPS) is 19.0. The Morgan fingerprint density at radius 2 is 1.80 bits per heavy atom. The number of carbonyl (C=O) groups excluding carboxylic acids is 2. The van der Waals surface area contributed by atoms with Crippen molar-refractivity contribution in [3.05, 3.63) is 70.7 Å². The highest BCUT2D eigenvalue weighted by molar-refractivity contribution is 7.19. The van der Waals surface area contributed by atoms with Crippen LogP contribution in [0.25, 0.3) is 15.8 Å². The molecule has 0 spiro atoms. The number of para-hydroxylation sites is 1. The van der Waals surface area contributed by atoms with Gasteiger partial charge in [-0.1, -0.05) is 36.4 Å². The number of aromatic nitrogens is 1. The van der Waals surface area contributed by atoms with Gasteiger partial charge in [-0.2, -0.15) is 4.99 Å². The minimum atomic E-state index is -0.527. The van der Waals surface area contributed by atoms with Crippen LogP contribution in [0, 0.1) is 0 Å². The molecule has 0 saturated carbocycles. The van der Waals surface area contributed by atoms with E-state index in [1.165, 1.54) is 11.3 Å². The van der Waals surface area contributed by atoms with E-state index in [0.29, 0.717) is 16.1 Å². The van der Waals surface area contributed by atoms with E-state index in [1.807, 2.05) is 36.4 Å². The molecule has 0 fully saturated rings. The van der Waals surface area contributed by atoms with Gasteiger partial charge in [0, 0.05) is 5.56 Å². The van der Waals surface area contributed by atoms with Crippen molar-refractivity contribution in [1.82, 2.24) is 4.98 Å². The summed E-state index contributed by atoms with van der Waals surface area (Å²) >= 11 is 1.44. The minimum absolute atomic E-state index is 0.138. The molecule has 1 unspecified atom stereocenters. The molecular weight excluding hydrogens is 336 g/mol. The highest BCUT2D eigenvalue weighted by atomic mass is 32.1. The number of amides is 1. The van der Waals surface area contributed by atoms with Gasteiger partial charge in [-0.3, -0.25) is 4.79 Å². The van der Waals surface area contributed by atoms with Crippen molar-refractivity contribution in [3.8, 4) is 0 Å². The van der Waals surface area contributed by atoms with Gasteiger partial charge in [-0.25, -0.2) is 9.78 Å². The fourth-order valence-electron chi connectivity index (χ4n) is 3.10. The van der Waals surface area contributed by atoms with Gasteiger partial charge in [-0.15, -0.1) is 11.3 Å². The topological polar surface area (TPSA) is 68.6 Å². The number of nitrogens with zero attached hydrogens (tertiary/aromatic N) is 2. The standard InChI is InChI=1S/C19H10N2O3S/c22-16-11-6-2-1-5-10(11)12-9-13(19(23)24-17(12)21-16)18-20-14-7-3-4-8-15(14)25-18/h1-9,12H. The highest BCUT2D eigenvalue weighted by Gasteiger charge is 2.36. The van der Waals surface area contributed by atoms with E-state index in [4.69, 9.17) is 4.74 Å². The first kappa shape index (κ1) is 14.2. The number of aliphatic imine (C=N–C) groups is 1. The summed E-state index contributed by atoms with van der Waals surface area (Å²) in [6.45, 7) is 0. The first-order chi connectivity index (χ1) is 12.2. The quantitative estimate of drug-likeness (QED) is 0.632. The molecule has 5 nitrogen and oxygen atoms in total. The van der Waals surface area contributed by atoms with Crippen LogP contribution >= 0.6 is 11.3 Å². The molecule has 3 aromatic rings. The molecule has 3 heterocycles. The summed E-state index contributed by atoms with van der Waals surface area (Å²) in [5.74, 6) is -1.13. The maximum Gasteiger partial charge on any atom is 0.347 e. The molecule has 0 bridgehead atoms. The highest BCUT2D eigenvalue weighted by Crippen LogP contribution is 2.37. The molecule has 0 aliphatic carbocycles. The number of fused-ring (bicyclic) bond motifs is 4. The van der Waals surface area contributed by atoms with E-state index in [0.717, 1.165) is 15.8 Å². The third-order valence-electron chi connectivity index (χ3n) is 4.28. The van der Waals surface area contributed by atoms with Gasteiger partial charge >= 0.3 is 5.97 Å². The van der Waals surface area contributed by atoms with Crippen molar-refractivity contribution in [3.63, 3.8) is 0 Å². The summed E-state index contributed by atoms with van der Waals surface area (Å²) in [6, 6.07) is 15.0. The van der Waals surface area contributed by atoms with Crippen LogP contribution in [0.2, 0.25) is 0 Å². The Hall–Kier alpha value is -3.12. The van der Waals surface area contributed by atoms with Crippen LogP contribution in [0.15, 0.2) is 59.6 Å². The Balaban J connectivity index is 1.68. The van der Waals surface area contributed by atoms with Crippen LogP contribution in [-0.2, 0) is 9.53 Å². The van der Waals surface area contributed by atoms with Crippen LogP contribution < -0.4 is 0 Å². The third kappa shape index (κ3) is 2.15. The Bertz CT molecular complexity index is 1090. The molecule has 1 atom stereocenters. The van der Waals surface area contributed by atoms with Crippen molar-refractivity contribution >= 4 is 44.9 Å². The molecule has 6 heteroatoms. The number of esters is 1. The van der Waals surface area contributed by atoms with Gasteiger partial charge in [0.2, 0.25) is 5.90 Å². The molecular formula is C19H10N2O3S. The van der Waals surface area contributed by atoms with Crippen molar-refractivity contribution in [1.29, 1.82) is 0 Å². The lowest BCUT2D eigenvalue weighted by Crippen LogP contribution is -2.30. The molecule has 2 aliphatic heterocycles. The predicted octanol–water partition coefficient (Wildman–Crippen LogP) is 3.57. The number of ether oxygens (including phenoxy) is 1. The lowest BCUT2D eigenvalue weighted by atomic mass is 9.88. The summed E-state index contributed by atoms with van der Waals surface area (Å²) < 4.78 is 6.37. The molecule has 2 aliphatic rings. The summed E-state index contributed by atoms with van der Waals surface area (Å²) in [5, 5.41) is 0.611. The molecule has 25 heavy (non-hydrogen) atoms. The van der Waals surface area contributed by atoms with E-state index in [-0.39, 0.29) is 17.7 Å². The first-order valence-electron chi connectivity index (χ1n) is 7.72. The van der Waals surface area contributed by atoms with Gasteiger partial charge in [0.15, 0.2) is 0 Å². The maximum atomic E-state index is 12.4. The van der Waals surface area contributed by atoms with E-state index in [1.54, 1.807) is 18.2 Å². The number of thiazole rings is 1. The van der Waals surface area contributed by atoms with Crippen LogP contribution in [0.3, 0.4) is 0 Å². The average molecular weight is 346 g/mol. The Morgan fingerprint density at radius 1 is 1.00 bits per heavy atom. The summed E-state index contributed by atoms with van der Waals surface area (Å²) in [7, 11) is 0. The summed E-state index contributed by atoms with van der Waals surface area (Å²) in [6.07, 6.45) is 1.80. The molecule has 0 radical (unpaired) electrons. The van der Waals surface area contributed by atoms with Gasteiger partial charge < -0.3 is 4.74 Å². The average Bonchev–Trinajstić information content (AvgIpc) is 3.05. The van der Waals surface area contributed by atoms with E-state index < -0.39 is 5.97 Å². The second-order valence-electron chi connectivity index (χ2n) is 5.78. The minimum Gasteiger partial charge on any atom is -0.407 e. The fraction of sp³-hybridized carbons (Fsp3) is 0.0526. The lowest BCUT2D eigenvalue weighted by Gasteiger charge is -2.26. The van der Waals surface area contributed by atoms with E-state index in [2.05, 4.69) is 9.98 Å². The number of rotatable bonds is 1. The molecule has 2 aromatic carbocycles. The predicted molar refractivity (Wildman–Crippen MR) is 94.6 cm³/mol. The second-order valence-corrected chi connectivity index (χ2v) is 6.81. The Labute approximate surface area is 146 Å². The van der Waals surface area contributed by atoms with Crippen molar-refractivity contribution in [2.24, 2.45) is 4.99 Å². The number of hydrogen-bond donors (Lipinski definition) is 0. The Kier molecular flexibility index (Phi) is 2.96. The van der Waals surface area contributed by atoms with E-state index >= 15 is 0 Å². The zero-order valence-corrected chi connectivity index (χ0v) is 13.6. The van der Waals surface area contributed by atoms with Crippen LogP contribution in [-0.4, -0.2) is 22.8 Å². The van der Waals surface area contributed by atoms with Crippen LogP contribution in [0.5, 0.6) is 0 Å². The largest absolute Gasteiger partial charge is 0.407 e. The number of benzene rings is 2. The maximum absolute atomic E-state index is 12.4. The van der Waals surface area contributed by atoms with Gasteiger partial charge in [0.05, 0.1) is 21.7 Å². The molecule has 0 N–H and O–H groups in total.